The molecule has 0 spiro atoms. The van der Waals surface area contributed by atoms with Gasteiger partial charge in [0.05, 0.1) is 31.8 Å². The summed E-state index contributed by atoms with van der Waals surface area (Å²) >= 11 is 0. The quantitative estimate of drug-likeness (QED) is 0.234. The van der Waals surface area contributed by atoms with Crippen molar-refractivity contribution in [2.24, 2.45) is 0 Å². The second-order valence-corrected chi connectivity index (χ2v) is 9.22. The van der Waals surface area contributed by atoms with Crippen LogP contribution in [-0.4, -0.2) is 36.5 Å². The highest BCUT2D eigenvalue weighted by Crippen LogP contribution is 2.43. The van der Waals surface area contributed by atoms with Crippen molar-refractivity contribution in [3.63, 3.8) is 0 Å². The van der Waals surface area contributed by atoms with E-state index in [0.717, 1.165) is 5.56 Å². The number of hydrogen-bond acceptors (Lipinski definition) is 7. The number of esters is 1. The predicted octanol–water partition coefficient (Wildman–Crippen LogP) is 5.64. The number of aryl methyl sites for hydroxylation is 1. The molecule has 8 heteroatoms. The summed E-state index contributed by atoms with van der Waals surface area (Å²) in [6, 6.07) is 20.2. The van der Waals surface area contributed by atoms with Crippen LogP contribution < -0.4 is 9.64 Å². The van der Waals surface area contributed by atoms with Crippen LogP contribution in [0.5, 0.6) is 5.75 Å². The zero-order chi connectivity index (χ0) is 27.7. The van der Waals surface area contributed by atoms with Crippen LogP contribution in [0.3, 0.4) is 0 Å². The SMILES string of the molecule is CCOC(=O)Cc1ccc(N2C(=O)C(O)=C(C(=O)c3cc4cccc(OC)c4o3)C2c2cccc(C)c2)cc1. The van der Waals surface area contributed by atoms with E-state index in [4.69, 9.17) is 13.9 Å². The van der Waals surface area contributed by atoms with Gasteiger partial charge in [-0.1, -0.05) is 54.1 Å². The minimum Gasteiger partial charge on any atom is -0.503 e. The minimum atomic E-state index is -0.907. The first kappa shape index (κ1) is 25.8. The first-order valence-electron chi connectivity index (χ1n) is 12.5. The molecule has 1 amide bonds. The van der Waals surface area contributed by atoms with Crippen molar-refractivity contribution in [1.29, 1.82) is 0 Å². The Balaban J connectivity index is 1.57. The molecule has 8 nitrogen and oxygen atoms in total. The van der Waals surface area contributed by atoms with Crippen molar-refractivity contribution in [2.45, 2.75) is 26.3 Å². The number of Topliss-reactive ketones (excluding diaryl/α,β-unsaturated/α-hetero) is 1. The Morgan fingerprint density at radius 3 is 2.46 bits per heavy atom. The lowest BCUT2D eigenvalue weighted by Crippen LogP contribution is -2.31. The molecule has 0 fully saturated rings. The molecule has 0 radical (unpaired) electrons. The van der Waals surface area contributed by atoms with Gasteiger partial charge in [-0.05, 0) is 49.2 Å². The van der Waals surface area contributed by atoms with E-state index in [-0.39, 0.29) is 30.3 Å². The fourth-order valence-electron chi connectivity index (χ4n) is 4.85. The number of aliphatic hydroxyl groups is 1. The van der Waals surface area contributed by atoms with Crippen LogP contribution in [0.4, 0.5) is 5.69 Å². The fraction of sp³-hybridized carbons (Fsp3) is 0.194. The van der Waals surface area contributed by atoms with E-state index >= 15 is 0 Å². The van der Waals surface area contributed by atoms with E-state index in [1.807, 2.05) is 25.1 Å². The summed E-state index contributed by atoms with van der Waals surface area (Å²) < 4.78 is 16.2. The molecule has 1 aromatic heterocycles. The lowest BCUT2D eigenvalue weighted by atomic mass is 9.93. The number of fused-ring (bicyclic) bond motifs is 1. The highest BCUT2D eigenvalue weighted by molar-refractivity contribution is 6.20. The van der Waals surface area contributed by atoms with Gasteiger partial charge in [0.1, 0.15) is 0 Å². The number of anilines is 1. The maximum Gasteiger partial charge on any atom is 0.310 e. The molecule has 3 aromatic carbocycles. The number of ketones is 1. The summed E-state index contributed by atoms with van der Waals surface area (Å²) in [5.74, 6) is -1.87. The molecule has 5 rings (SSSR count). The molecule has 1 unspecified atom stereocenters. The van der Waals surface area contributed by atoms with Crippen LogP contribution >= 0.6 is 0 Å². The first-order valence-corrected chi connectivity index (χ1v) is 12.5. The van der Waals surface area contributed by atoms with E-state index in [1.165, 1.54) is 12.0 Å². The number of carbonyl (C=O) groups is 3. The smallest absolute Gasteiger partial charge is 0.310 e. The second-order valence-electron chi connectivity index (χ2n) is 9.22. The summed E-state index contributed by atoms with van der Waals surface area (Å²) in [4.78, 5) is 40.6. The van der Waals surface area contributed by atoms with E-state index in [9.17, 15) is 19.5 Å². The van der Waals surface area contributed by atoms with Crippen molar-refractivity contribution in [1.82, 2.24) is 0 Å². The fourth-order valence-corrected chi connectivity index (χ4v) is 4.85. The Morgan fingerprint density at radius 1 is 1.03 bits per heavy atom. The average molecular weight is 526 g/mol. The molecule has 1 aliphatic heterocycles. The van der Waals surface area contributed by atoms with E-state index in [2.05, 4.69) is 0 Å². The van der Waals surface area contributed by atoms with Gasteiger partial charge in [0.2, 0.25) is 5.78 Å². The summed E-state index contributed by atoms with van der Waals surface area (Å²) in [7, 11) is 1.51. The molecule has 1 aliphatic rings. The number of hydrogen-bond donors (Lipinski definition) is 1. The monoisotopic (exact) mass is 525 g/mol. The largest absolute Gasteiger partial charge is 0.503 e. The molecule has 0 saturated heterocycles. The van der Waals surface area contributed by atoms with Crippen LogP contribution in [0.15, 0.2) is 88.5 Å². The number of amides is 1. The summed E-state index contributed by atoms with van der Waals surface area (Å²) in [6.07, 6.45) is 0.0894. The number of methoxy groups -OCH3 is 1. The third-order valence-electron chi connectivity index (χ3n) is 6.63. The van der Waals surface area contributed by atoms with Crippen molar-refractivity contribution in [3.05, 3.63) is 107 Å². The average Bonchev–Trinajstić information content (AvgIpc) is 3.48. The molecular weight excluding hydrogens is 498 g/mol. The van der Waals surface area contributed by atoms with Gasteiger partial charge < -0.3 is 19.0 Å². The zero-order valence-electron chi connectivity index (χ0n) is 21.8. The van der Waals surface area contributed by atoms with Gasteiger partial charge in [0, 0.05) is 11.1 Å². The van der Waals surface area contributed by atoms with Crippen LogP contribution in [0.2, 0.25) is 0 Å². The Bertz CT molecular complexity index is 1610. The lowest BCUT2D eigenvalue weighted by Gasteiger charge is -2.27. The number of furan rings is 1. The number of aliphatic hydroxyl groups excluding tert-OH is 1. The van der Waals surface area contributed by atoms with E-state index in [0.29, 0.717) is 33.5 Å². The van der Waals surface area contributed by atoms with Gasteiger partial charge >= 0.3 is 5.97 Å². The normalized spacial score (nSPS) is 15.2. The number of ether oxygens (including phenoxy) is 2. The molecule has 0 aliphatic carbocycles. The molecular formula is C31H27NO7. The van der Waals surface area contributed by atoms with Crippen LogP contribution in [-0.2, 0) is 20.7 Å². The van der Waals surface area contributed by atoms with E-state index in [1.54, 1.807) is 61.5 Å². The Morgan fingerprint density at radius 2 is 1.77 bits per heavy atom. The number of para-hydroxylation sites is 1. The molecule has 1 N–H and O–H groups in total. The van der Waals surface area contributed by atoms with Crippen LogP contribution in [0.25, 0.3) is 11.0 Å². The molecule has 4 aromatic rings. The van der Waals surface area contributed by atoms with Gasteiger partial charge in [0.25, 0.3) is 5.91 Å². The number of benzene rings is 3. The standard InChI is InChI=1S/C31H27NO7/c1-4-38-25(33)16-19-11-13-22(14-12-19)32-27(20-8-5-7-18(2)15-20)26(29(35)31(32)36)28(34)24-17-21-9-6-10-23(37-3)30(21)39-24/h5-15,17,27,35H,4,16H2,1-3H3. The third-order valence-corrected chi connectivity index (χ3v) is 6.63. The molecule has 39 heavy (non-hydrogen) atoms. The first-order chi connectivity index (χ1) is 18.8. The third kappa shape index (κ3) is 4.77. The Labute approximate surface area is 225 Å². The molecule has 198 valence electrons. The van der Waals surface area contributed by atoms with Gasteiger partial charge in [-0.15, -0.1) is 0 Å². The molecule has 0 bridgehead atoms. The Hall–Kier alpha value is -4.85. The predicted molar refractivity (Wildman–Crippen MR) is 145 cm³/mol. The molecule has 1 atom stereocenters. The highest BCUT2D eigenvalue weighted by Gasteiger charge is 2.45. The van der Waals surface area contributed by atoms with Crippen molar-refractivity contribution in [3.8, 4) is 5.75 Å². The molecule has 2 heterocycles. The second kappa shape index (κ2) is 10.5. The molecule has 0 saturated carbocycles. The van der Waals surface area contributed by atoms with Gasteiger partial charge in [0.15, 0.2) is 22.9 Å². The van der Waals surface area contributed by atoms with Crippen molar-refractivity contribution >= 4 is 34.3 Å². The van der Waals surface area contributed by atoms with Gasteiger partial charge in [-0.3, -0.25) is 19.3 Å². The Kier molecular flexibility index (Phi) is 6.94. The van der Waals surface area contributed by atoms with Crippen LogP contribution in [0.1, 0.15) is 40.2 Å². The maximum atomic E-state index is 13.9. The lowest BCUT2D eigenvalue weighted by molar-refractivity contribution is -0.142. The summed E-state index contributed by atoms with van der Waals surface area (Å²) in [5.41, 5.74) is 3.06. The number of nitrogens with zero attached hydrogens (tertiary/aromatic N) is 1. The summed E-state index contributed by atoms with van der Waals surface area (Å²) in [6.45, 7) is 3.94. The number of rotatable bonds is 8. The highest BCUT2D eigenvalue weighted by atomic mass is 16.5. The summed E-state index contributed by atoms with van der Waals surface area (Å²) in [5, 5.41) is 11.7. The minimum absolute atomic E-state index is 0.0202. The maximum absolute atomic E-state index is 13.9. The van der Waals surface area contributed by atoms with Gasteiger partial charge in [-0.2, -0.15) is 0 Å². The van der Waals surface area contributed by atoms with Crippen LogP contribution in [0, 0.1) is 6.92 Å². The van der Waals surface area contributed by atoms with E-state index < -0.39 is 23.5 Å². The number of carbonyl (C=O) groups excluding carboxylic acids is 3. The topological polar surface area (TPSA) is 106 Å². The van der Waals surface area contributed by atoms with Crippen molar-refractivity contribution in [2.75, 3.05) is 18.6 Å². The van der Waals surface area contributed by atoms with Crippen molar-refractivity contribution < 1.29 is 33.4 Å². The zero-order valence-corrected chi connectivity index (χ0v) is 21.8. The van der Waals surface area contributed by atoms with Gasteiger partial charge in [-0.25, -0.2) is 0 Å².